The van der Waals surface area contributed by atoms with E-state index in [1.165, 1.54) is 32.1 Å². The van der Waals surface area contributed by atoms with Gasteiger partial charge in [-0.25, -0.2) is 0 Å². The lowest BCUT2D eigenvalue weighted by atomic mass is 9.65. The van der Waals surface area contributed by atoms with Gasteiger partial charge >= 0.3 is 24.4 Å². The van der Waals surface area contributed by atoms with Crippen molar-refractivity contribution in [3.8, 4) is 0 Å². The van der Waals surface area contributed by atoms with Gasteiger partial charge in [0.2, 0.25) is 0 Å². The Morgan fingerprint density at radius 2 is 0.825 bits per heavy atom. The molecule has 6 aliphatic carbocycles. The summed E-state index contributed by atoms with van der Waals surface area (Å²) >= 11 is 0. The first-order valence-electron chi connectivity index (χ1n) is 22.9. The molecule has 6 fully saturated rings. The summed E-state index contributed by atoms with van der Waals surface area (Å²) in [5.41, 5.74) is 0. The third kappa shape index (κ3) is 16.2. The van der Waals surface area contributed by atoms with Gasteiger partial charge in [0.25, 0.3) is 0 Å². The van der Waals surface area contributed by atoms with Crippen molar-refractivity contribution < 1.29 is 54.1 Å². The van der Waals surface area contributed by atoms with E-state index in [-0.39, 0.29) is 19.8 Å². The molecule has 6 saturated carbocycles. The Morgan fingerprint density at radius 3 is 1.39 bits per heavy atom. The lowest BCUT2D eigenvalue weighted by Crippen LogP contribution is -2.39. The van der Waals surface area contributed by atoms with Crippen LogP contribution in [0.5, 0.6) is 0 Å². The van der Waals surface area contributed by atoms with Crippen molar-refractivity contribution in [2.24, 2.45) is 59.2 Å². The van der Waals surface area contributed by atoms with Crippen LogP contribution in [0.1, 0.15) is 176 Å². The van der Waals surface area contributed by atoms with Crippen LogP contribution in [0.15, 0.2) is 0 Å². The summed E-state index contributed by atoms with van der Waals surface area (Å²) in [6.45, 7) is 9.77. The molecule has 57 heavy (non-hydrogen) atoms. The number of halogens is 8. The molecule has 0 bridgehead atoms. The molecule has 4 nitrogen and oxygen atoms in total. The standard InChI is InChI=1S/C14H24F2O.C13H22F2O.C10H18F2O.C8H14F2O/c1-2-9-17-14(15,16)13-8-7-11-5-3-4-6-12(11)10-13;1-9-3-4-11-8-12(13(14,15)16-2)6-5-10(11)7-9;1-3-13-10(11,12)9-6-4-5-8(2)7-9;1-2-11-8(9,10)7-5-3-4-6-7/h11-13H,2-10H2,1H3;9-12H,3-8H2,1-2H3;8-9H,3-7H2,1-2H3;7H,2-6H2,1H3. The normalized spacial score (nSPS) is 32.6. The van der Waals surface area contributed by atoms with E-state index in [9.17, 15) is 35.1 Å². The molecule has 0 aromatic heterocycles. The largest absolute Gasteiger partial charge is 0.358 e. The molecule has 338 valence electrons. The first-order valence-corrected chi connectivity index (χ1v) is 22.9. The Balaban J connectivity index is 0.000000206. The van der Waals surface area contributed by atoms with Gasteiger partial charge in [0, 0.05) is 7.11 Å². The van der Waals surface area contributed by atoms with Crippen molar-refractivity contribution in [3.63, 3.8) is 0 Å². The summed E-state index contributed by atoms with van der Waals surface area (Å²) in [6, 6.07) is 0. The minimum atomic E-state index is -2.91. The molecule has 9 unspecified atom stereocenters. The molecule has 9 atom stereocenters. The average molecular weight is 835 g/mol. The molecule has 0 aliphatic heterocycles. The first-order chi connectivity index (χ1) is 26.9. The quantitative estimate of drug-likeness (QED) is 0.184. The molecule has 6 rings (SSSR count). The molecule has 0 spiro atoms. The lowest BCUT2D eigenvalue weighted by Gasteiger charge is -2.42. The molecular weight excluding hydrogens is 756 g/mol. The van der Waals surface area contributed by atoms with Crippen LogP contribution in [0.3, 0.4) is 0 Å². The zero-order valence-corrected chi connectivity index (χ0v) is 36.1. The first kappa shape index (κ1) is 50.6. The Morgan fingerprint density at radius 1 is 0.404 bits per heavy atom. The third-order valence-electron chi connectivity index (χ3n) is 14.1. The summed E-state index contributed by atoms with van der Waals surface area (Å²) in [5.74, 6) is 1.54. The van der Waals surface area contributed by atoms with E-state index in [4.69, 9.17) is 4.74 Å². The Bertz CT molecular complexity index is 1090. The molecule has 6 aliphatic rings. The van der Waals surface area contributed by atoms with Gasteiger partial charge in [-0.15, -0.1) is 0 Å². The fraction of sp³-hybridized carbons (Fsp3) is 1.00. The number of rotatable bonds is 12. The molecule has 0 radical (unpaired) electrons. The molecule has 0 amide bonds. The molecule has 12 heteroatoms. The summed E-state index contributed by atoms with van der Waals surface area (Å²) in [6.07, 6.45) is 8.52. The highest BCUT2D eigenvalue weighted by Gasteiger charge is 2.47. The third-order valence-corrected chi connectivity index (χ3v) is 14.1. The van der Waals surface area contributed by atoms with Gasteiger partial charge in [-0.1, -0.05) is 78.6 Å². The second kappa shape index (κ2) is 24.1. The van der Waals surface area contributed by atoms with E-state index < -0.39 is 48.1 Å². The van der Waals surface area contributed by atoms with Crippen molar-refractivity contribution >= 4 is 0 Å². The maximum atomic E-state index is 13.8. The van der Waals surface area contributed by atoms with E-state index >= 15 is 0 Å². The zero-order valence-electron chi connectivity index (χ0n) is 36.1. The Kier molecular flexibility index (Phi) is 21.4. The molecule has 0 aromatic rings. The predicted octanol–water partition coefficient (Wildman–Crippen LogP) is 14.9. The van der Waals surface area contributed by atoms with Gasteiger partial charge in [-0.05, 0) is 133 Å². The highest BCUT2D eigenvalue weighted by Crippen LogP contribution is 2.49. The van der Waals surface area contributed by atoms with Gasteiger partial charge in [0.1, 0.15) is 0 Å². The molecule has 0 aromatic carbocycles. The van der Waals surface area contributed by atoms with Crippen LogP contribution in [-0.4, -0.2) is 51.4 Å². The summed E-state index contributed by atoms with van der Waals surface area (Å²) in [4.78, 5) is 0. The molecular formula is C45H78F8O4. The van der Waals surface area contributed by atoms with Crippen molar-refractivity contribution in [2.45, 2.75) is 200 Å². The second-order valence-corrected chi connectivity index (χ2v) is 18.4. The van der Waals surface area contributed by atoms with Crippen LogP contribution in [0, 0.1) is 59.2 Å². The number of hydrogen-bond acceptors (Lipinski definition) is 4. The topological polar surface area (TPSA) is 36.9 Å². The number of alkyl halides is 8. The second-order valence-electron chi connectivity index (χ2n) is 18.4. The summed E-state index contributed by atoms with van der Waals surface area (Å²) < 4.78 is 125. The SMILES string of the molecule is CCCOC(F)(F)C1CCC2CCCCC2C1.CCOC(F)(F)C1CCCC(C)C1.CCOC(F)(F)C1CCCC1.COC(F)(F)C1CCC2CC(C)CCC2C1. The fourth-order valence-electron chi connectivity index (χ4n) is 10.8. The lowest BCUT2D eigenvalue weighted by molar-refractivity contribution is -0.280. The molecule has 0 N–H and O–H groups in total. The predicted molar refractivity (Wildman–Crippen MR) is 209 cm³/mol. The Labute approximate surface area is 340 Å². The van der Waals surface area contributed by atoms with Crippen molar-refractivity contribution in [3.05, 3.63) is 0 Å². The van der Waals surface area contributed by atoms with Crippen LogP contribution < -0.4 is 0 Å². The number of ether oxygens (including phenoxy) is 4. The molecule has 0 saturated heterocycles. The zero-order chi connectivity index (χ0) is 42.3. The van der Waals surface area contributed by atoms with E-state index in [1.807, 2.05) is 13.8 Å². The number of fused-ring (bicyclic) bond motifs is 2. The van der Waals surface area contributed by atoms with Gasteiger partial charge in [-0.3, -0.25) is 0 Å². The van der Waals surface area contributed by atoms with Gasteiger partial charge < -0.3 is 18.9 Å². The van der Waals surface area contributed by atoms with Crippen LogP contribution in [0.2, 0.25) is 0 Å². The van der Waals surface area contributed by atoms with Crippen LogP contribution in [0.4, 0.5) is 35.1 Å². The van der Waals surface area contributed by atoms with Gasteiger partial charge in [-0.2, -0.15) is 35.1 Å². The highest BCUT2D eigenvalue weighted by molar-refractivity contribution is 4.88. The maximum Gasteiger partial charge on any atom is 0.358 e. The van der Waals surface area contributed by atoms with Gasteiger partial charge in [0.05, 0.1) is 43.5 Å². The van der Waals surface area contributed by atoms with Crippen LogP contribution in [-0.2, 0) is 18.9 Å². The number of hydrogen-bond donors (Lipinski definition) is 0. The van der Waals surface area contributed by atoms with Crippen molar-refractivity contribution in [2.75, 3.05) is 26.9 Å². The van der Waals surface area contributed by atoms with E-state index in [2.05, 4.69) is 21.1 Å². The van der Waals surface area contributed by atoms with Crippen molar-refractivity contribution in [1.82, 2.24) is 0 Å². The summed E-state index contributed by atoms with van der Waals surface area (Å²) in [5, 5.41) is 0. The van der Waals surface area contributed by atoms with E-state index in [0.29, 0.717) is 81.5 Å². The van der Waals surface area contributed by atoms with E-state index in [1.54, 1.807) is 13.8 Å². The van der Waals surface area contributed by atoms with Crippen molar-refractivity contribution in [1.29, 1.82) is 0 Å². The van der Waals surface area contributed by atoms with Crippen LogP contribution >= 0.6 is 0 Å². The van der Waals surface area contributed by atoms with E-state index in [0.717, 1.165) is 70.3 Å². The highest BCUT2D eigenvalue weighted by atomic mass is 19.3. The Hall–Kier alpha value is -0.720. The summed E-state index contributed by atoms with van der Waals surface area (Å²) in [7, 11) is 1.12. The molecule has 0 heterocycles. The fourth-order valence-corrected chi connectivity index (χ4v) is 10.8. The van der Waals surface area contributed by atoms with Crippen LogP contribution in [0.25, 0.3) is 0 Å². The number of methoxy groups -OCH3 is 1. The smallest absolute Gasteiger partial charge is 0.324 e. The minimum absolute atomic E-state index is 0.0951. The monoisotopic (exact) mass is 835 g/mol. The average Bonchev–Trinajstić information content (AvgIpc) is 3.74. The maximum absolute atomic E-state index is 13.8. The van der Waals surface area contributed by atoms with Gasteiger partial charge in [0.15, 0.2) is 0 Å². The minimum Gasteiger partial charge on any atom is -0.324 e.